The first-order chi connectivity index (χ1) is 15.8. The summed E-state index contributed by atoms with van der Waals surface area (Å²) in [6.45, 7) is 6.35. The second-order valence-corrected chi connectivity index (χ2v) is 10.6. The molecule has 1 unspecified atom stereocenters. The normalized spacial score (nSPS) is 12.9. The van der Waals surface area contributed by atoms with Gasteiger partial charge in [0.1, 0.15) is 5.82 Å². The SMILES string of the molecule is Cc1[nH]c(-c2cc(F)cc3[nH]ccc23)c(C(C)C)c1-c1cccc2nc(CCS(=O)O)sc12. The Bertz CT molecular complexity index is 1510. The average molecular weight is 482 g/mol. The molecule has 2 aromatic carbocycles. The molecule has 0 amide bonds. The molecule has 3 aromatic heterocycles. The zero-order valence-electron chi connectivity index (χ0n) is 18.5. The first kappa shape index (κ1) is 22.0. The monoisotopic (exact) mass is 481 g/mol. The number of nitrogens with one attached hydrogen (secondary N) is 2. The lowest BCUT2D eigenvalue weighted by Crippen LogP contribution is -1.98. The van der Waals surface area contributed by atoms with Crippen molar-refractivity contribution >= 4 is 43.5 Å². The van der Waals surface area contributed by atoms with Crippen molar-refractivity contribution in [3.05, 3.63) is 64.7 Å². The van der Waals surface area contributed by atoms with Crippen molar-refractivity contribution < 1.29 is 13.2 Å². The van der Waals surface area contributed by atoms with Crippen molar-refractivity contribution in [3.63, 3.8) is 0 Å². The Balaban J connectivity index is 1.73. The molecule has 1 atom stereocenters. The maximum atomic E-state index is 14.5. The van der Waals surface area contributed by atoms with Crippen LogP contribution in [-0.4, -0.2) is 29.5 Å². The van der Waals surface area contributed by atoms with E-state index in [0.29, 0.717) is 6.42 Å². The van der Waals surface area contributed by atoms with Gasteiger partial charge >= 0.3 is 0 Å². The first-order valence-electron chi connectivity index (χ1n) is 10.8. The van der Waals surface area contributed by atoms with Crippen LogP contribution >= 0.6 is 11.3 Å². The van der Waals surface area contributed by atoms with Crippen LogP contribution in [0, 0.1) is 12.7 Å². The summed E-state index contributed by atoms with van der Waals surface area (Å²) in [7, 11) is 0. The fourth-order valence-corrected chi connectivity index (χ4v) is 6.17. The third kappa shape index (κ3) is 3.92. The maximum Gasteiger partial charge on any atom is 0.153 e. The number of H-pyrrole nitrogens is 2. The van der Waals surface area contributed by atoms with Crippen molar-refractivity contribution in [2.45, 2.75) is 33.1 Å². The summed E-state index contributed by atoms with van der Waals surface area (Å²) in [5.74, 6) is 0.0852. The van der Waals surface area contributed by atoms with E-state index in [9.17, 15) is 8.60 Å². The fourth-order valence-electron chi connectivity index (χ4n) is 4.59. The molecule has 0 bridgehead atoms. The van der Waals surface area contributed by atoms with E-state index in [1.165, 1.54) is 6.07 Å². The van der Waals surface area contributed by atoms with Crippen molar-refractivity contribution in [1.82, 2.24) is 15.0 Å². The Labute approximate surface area is 197 Å². The van der Waals surface area contributed by atoms with Crippen LogP contribution in [0.15, 0.2) is 42.6 Å². The summed E-state index contributed by atoms with van der Waals surface area (Å²) >= 11 is -0.276. The van der Waals surface area contributed by atoms with Gasteiger partial charge in [0.05, 0.1) is 26.7 Å². The Morgan fingerprint density at radius 3 is 2.79 bits per heavy atom. The molecule has 0 aliphatic rings. The number of nitrogens with zero attached hydrogens (tertiary/aromatic N) is 1. The number of rotatable bonds is 6. The highest BCUT2D eigenvalue weighted by atomic mass is 32.2. The number of aryl methyl sites for hydroxylation is 2. The van der Waals surface area contributed by atoms with Crippen LogP contribution in [0.4, 0.5) is 4.39 Å². The molecule has 170 valence electrons. The molecule has 3 N–H and O–H groups in total. The van der Waals surface area contributed by atoms with E-state index in [-0.39, 0.29) is 17.5 Å². The van der Waals surface area contributed by atoms with E-state index in [1.807, 2.05) is 31.3 Å². The van der Waals surface area contributed by atoms with E-state index >= 15 is 0 Å². The van der Waals surface area contributed by atoms with E-state index in [0.717, 1.165) is 59.8 Å². The number of aromatic nitrogens is 3. The van der Waals surface area contributed by atoms with Crippen molar-refractivity contribution in [2.24, 2.45) is 0 Å². The molecule has 5 aromatic rings. The van der Waals surface area contributed by atoms with Crippen LogP contribution in [0.2, 0.25) is 0 Å². The van der Waals surface area contributed by atoms with Crippen LogP contribution in [0.1, 0.15) is 36.0 Å². The summed E-state index contributed by atoms with van der Waals surface area (Å²) in [6, 6.07) is 11.2. The smallest absolute Gasteiger partial charge is 0.153 e. The summed E-state index contributed by atoms with van der Waals surface area (Å²) < 4.78 is 35.8. The highest BCUT2D eigenvalue weighted by Crippen LogP contribution is 2.44. The number of thiazole rings is 1. The molecule has 0 saturated carbocycles. The maximum absolute atomic E-state index is 14.5. The van der Waals surface area contributed by atoms with E-state index in [2.05, 4.69) is 29.9 Å². The van der Waals surface area contributed by atoms with Crippen molar-refractivity contribution in [2.75, 3.05) is 5.75 Å². The summed E-state index contributed by atoms with van der Waals surface area (Å²) in [5.41, 5.74) is 7.76. The number of halogens is 1. The standard InChI is InChI=1S/C25H24FN3O2S2/c1-13(2)22-23(17-5-4-6-19-25(17)32-21(29-19)8-10-33(30)31)14(3)28-24(22)18-11-15(26)12-20-16(18)7-9-27-20/h4-7,9,11-13,27-28H,8,10H2,1-3H3,(H,30,31). The van der Waals surface area contributed by atoms with Crippen LogP contribution in [-0.2, 0) is 17.5 Å². The molecular formula is C25H24FN3O2S2. The first-order valence-corrected chi connectivity index (χ1v) is 12.9. The second-order valence-electron chi connectivity index (χ2n) is 8.50. The summed E-state index contributed by atoms with van der Waals surface area (Å²) in [5, 5.41) is 1.82. The quantitative estimate of drug-likeness (QED) is 0.234. The van der Waals surface area contributed by atoms with Gasteiger partial charge < -0.3 is 14.5 Å². The lowest BCUT2D eigenvalue weighted by molar-refractivity contribution is 0.563. The molecule has 33 heavy (non-hydrogen) atoms. The zero-order chi connectivity index (χ0) is 23.3. The highest BCUT2D eigenvalue weighted by molar-refractivity contribution is 7.79. The lowest BCUT2D eigenvalue weighted by atomic mass is 9.90. The predicted octanol–water partition coefficient (Wildman–Crippen LogP) is 6.77. The van der Waals surface area contributed by atoms with Gasteiger partial charge in [0, 0.05) is 45.9 Å². The number of benzene rings is 2. The lowest BCUT2D eigenvalue weighted by Gasteiger charge is -2.13. The highest BCUT2D eigenvalue weighted by Gasteiger charge is 2.24. The molecular weight excluding hydrogens is 457 g/mol. The molecule has 0 aliphatic heterocycles. The predicted molar refractivity (Wildman–Crippen MR) is 135 cm³/mol. The molecule has 0 saturated heterocycles. The second kappa shape index (κ2) is 8.52. The van der Waals surface area contributed by atoms with Crippen LogP contribution in [0.3, 0.4) is 0 Å². The number of fused-ring (bicyclic) bond motifs is 2. The number of hydrogen-bond acceptors (Lipinski definition) is 3. The van der Waals surface area contributed by atoms with Gasteiger partial charge in [0.15, 0.2) is 11.1 Å². The van der Waals surface area contributed by atoms with E-state index < -0.39 is 11.1 Å². The zero-order valence-corrected chi connectivity index (χ0v) is 20.2. The van der Waals surface area contributed by atoms with Crippen LogP contribution < -0.4 is 0 Å². The van der Waals surface area contributed by atoms with Gasteiger partial charge in [0.25, 0.3) is 0 Å². The van der Waals surface area contributed by atoms with Gasteiger partial charge in [-0.15, -0.1) is 11.3 Å². The molecule has 0 spiro atoms. The summed E-state index contributed by atoms with van der Waals surface area (Å²) in [6.07, 6.45) is 2.30. The van der Waals surface area contributed by atoms with Crippen molar-refractivity contribution in [1.29, 1.82) is 0 Å². The van der Waals surface area contributed by atoms with E-state index in [4.69, 9.17) is 9.54 Å². The number of aromatic amines is 2. The van der Waals surface area contributed by atoms with Crippen molar-refractivity contribution in [3.8, 4) is 22.4 Å². The molecule has 0 aliphatic carbocycles. The fraction of sp³-hybridized carbons (Fsp3) is 0.240. The largest absolute Gasteiger partial charge is 0.361 e. The van der Waals surface area contributed by atoms with Gasteiger partial charge in [-0.2, -0.15) is 0 Å². The molecule has 8 heteroatoms. The third-order valence-electron chi connectivity index (χ3n) is 5.93. The minimum absolute atomic E-state index is 0.173. The summed E-state index contributed by atoms with van der Waals surface area (Å²) in [4.78, 5) is 11.4. The molecule has 0 radical (unpaired) electrons. The molecule has 3 heterocycles. The Morgan fingerprint density at radius 2 is 2.03 bits per heavy atom. The van der Waals surface area contributed by atoms with Gasteiger partial charge in [0.2, 0.25) is 0 Å². The van der Waals surface area contributed by atoms with E-state index in [1.54, 1.807) is 17.4 Å². The Morgan fingerprint density at radius 1 is 1.21 bits per heavy atom. The Kier molecular flexibility index (Phi) is 5.68. The number of hydrogen-bond donors (Lipinski definition) is 3. The average Bonchev–Trinajstić information content (AvgIpc) is 3.47. The van der Waals surface area contributed by atoms with Gasteiger partial charge in [-0.25, -0.2) is 13.6 Å². The molecule has 0 fully saturated rings. The third-order valence-corrected chi connectivity index (χ3v) is 7.64. The van der Waals surface area contributed by atoms with Crippen LogP contribution in [0.25, 0.3) is 43.5 Å². The topological polar surface area (TPSA) is 81.8 Å². The Hall–Kier alpha value is -2.81. The molecule has 5 rings (SSSR count). The molecule has 5 nitrogen and oxygen atoms in total. The van der Waals surface area contributed by atoms with Gasteiger partial charge in [-0.3, -0.25) is 0 Å². The van der Waals surface area contributed by atoms with Crippen LogP contribution in [0.5, 0.6) is 0 Å². The minimum Gasteiger partial charge on any atom is -0.361 e. The van der Waals surface area contributed by atoms with Gasteiger partial charge in [-0.05, 0) is 42.7 Å². The minimum atomic E-state index is -1.84. The van der Waals surface area contributed by atoms with Gasteiger partial charge in [-0.1, -0.05) is 26.0 Å².